The van der Waals surface area contributed by atoms with Crippen LogP contribution >= 0.6 is 0 Å². The van der Waals surface area contributed by atoms with Crippen molar-refractivity contribution < 1.29 is 14.0 Å². The predicted octanol–water partition coefficient (Wildman–Crippen LogP) is 2.37. The first-order valence-electron chi connectivity index (χ1n) is 8.40. The standard InChI is InChI=1S/C18H23FN2O2/c1-13-18(23)20-11-3-5-16(20)12-21(13)17(22)6-2-4-14-7-9-15(19)10-8-14/h7-10,13,16H,2-6,11-12H2,1H3/t13-,16+/m0/s1. The van der Waals surface area contributed by atoms with Crippen molar-refractivity contribution in [2.45, 2.75) is 51.1 Å². The highest BCUT2D eigenvalue weighted by atomic mass is 19.1. The highest BCUT2D eigenvalue weighted by Gasteiger charge is 2.41. The van der Waals surface area contributed by atoms with E-state index in [9.17, 15) is 14.0 Å². The Morgan fingerprint density at radius 3 is 2.78 bits per heavy atom. The number of amides is 2. The van der Waals surface area contributed by atoms with E-state index in [2.05, 4.69) is 0 Å². The number of rotatable bonds is 4. The average molecular weight is 318 g/mol. The van der Waals surface area contributed by atoms with Crippen molar-refractivity contribution in [1.82, 2.24) is 9.80 Å². The molecule has 2 amide bonds. The Morgan fingerprint density at radius 1 is 1.30 bits per heavy atom. The SMILES string of the molecule is C[C@H]1C(=O)N2CCC[C@@H]2CN1C(=O)CCCc1ccc(F)cc1. The van der Waals surface area contributed by atoms with Crippen molar-refractivity contribution in [3.63, 3.8) is 0 Å². The van der Waals surface area contributed by atoms with Crippen molar-refractivity contribution in [3.8, 4) is 0 Å². The number of carbonyl (C=O) groups excluding carboxylic acids is 2. The summed E-state index contributed by atoms with van der Waals surface area (Å²) in [6.07, 6.45) is 3.93. The number of hydrogen-bond acceptors (Lipinski definition) is 2. The van der Waals surface area contributed by atoms with E-state index in [1.807, 2.05) is 11.8 Å². The van der Waals surface area contributed by atoms with Crippen LogP contribution < -0.4 is 0 Å². The monoisotopic (exact) mass is 318 g/mol. The van der Waals surface area contributed by atoms with Crippen molar-refractivity contribution in [2.75, 3.05) is 13.1 Å². The van der Waals surface area contributed by atoms with Gasteiger partial charge in [-0.1, -0.05) is 12.1 Å². The topological polar surface area (TPSA) is 40.6 Å². The molecule has 1 aromatic carbocycles. The molecule has 2 atom stereocenters. The van der Waals surface area contributed by atoms with E-state index in [1.54, 1.807) is 17.0 Å². The van der Waals surface area contributed by atoms with Gasteiger partial charge in [-0.2, -0.15) is 0 Å². The summed E-state index contributed by atoms with van der Waals surface area (Å²) in [6.45, 7) is 3.33. The number of aryl methyl sites for hydroxylation is 1. The molecule has 0 aromatic heterocycles. The summed E-state index contributed by atoms with van der Waals surface area (Å²) in [5, 5.41) is 0. The molecule has 5 heteroatoms. The number of piperazine rings is 1. The van der Waals surface area contributed by atoms with Gasteiger partial charge in [-0.15, -0.1) is 0 Å². The summed E-state index contributed by atoms with van der Waals surface area (Å²) in [4.78, 5) is 28.5. The van der Waals surface area contributed by atoms with Crippen molar-refractivity contribution in [3.05, 3.63) is 35.6 Å². The summed E-state index contributed by atoms with van der Waals surface area (Å²) in [5.74, 6) is -0.100. The molecule has 0 N–H and O–H groups in total. The van der Waals surface area contributed by atoms with E-state index in [0.717, 1.165) is 37.8 Å². The number of hydrogen-bond donors (Lipinski definition) is 0. The van der Waals surface area contributed by atoms with Crippen LogP contribution in [-0.2, 0) is 16.0 Å². The van der Waals surface area contributed by atoms with E-state index in [4.69, 9.17) is 0 Å². The lowest BCUT2D eigenvalue weighted by atomic mass is 10.0. The Balaban J connectivity index is 1.53. The zero-order valence-electron chi connectivity index (χ0n) is 13.5. The first-order valence-corrected chi connectivity index (χ1v) is 8.40. The van der Waals surface area contributed by atoms with Crippen LogP contribution in [0.4, 0.5) is 4.39 Å². The smallest absolute Gasteiger partial charge is 0.245 e. The molecule has 23 heavy (non-hydrogen) atoms. The lowest BCUT2D eigenvalue weighted by Gasteiger charge is -2.41. The molecule has 2 heterocycles. The second-order valence-electron chi connectivity index (χ2n) is 6.53. The molecule has 2 aliphatic heterocycles. The molecule has 2 saturated heterocycles. The van der Waals surface area contributed by atoms with E-state index in [1.165, 1.54) is 12.1 Å². The summed E-state index contributed by atoms with van der Waals surface area (Å²) in [5.41, 5.74) is 1.03. The summed E-state index contributed by atoms with van der Waals surface area (Å²) in [7, 11) is 0. The summed E-state index contributed by atoms with van der Waals surface area (Å²) in [6, 6.07) is 6.25. The highest BCUT2D eigenvalue weighted by molar-refractivity contribution is 5.89. The maximum absolute atomic E-state index is 12.9. The van der Waals surface area contributed by atoms with Gasteiger partial charge in [0.25, 0.3) is 0 Å². The molecule has 0 saturated carbocycles. The molecule has 0 spiro atoms. The number of halogens is 1. The first-order chi connectivity index (χ1) is 11.1. The molecular formula is C18H23FN2O2. The number of benzene rings is 1. The number of carbonyl (C=O) groups is 2. The van der Waals surface area contributed by atoms with Crippen molar-refractivity contribution >= 4 is 11.8 Å². The lowest BCUT2D eigenvalue weighted by molar-refractivity contribution is -0.152. The van der Waals surface area contributed by atoms with E-state index in [0.29, 0.717) is 13.0 Å². The van der Waals surface area contributed by atoms with Crippen LogP contribution in [0.2, 0.25) is 0 Å². The van der Waals surface area contributed by atoms with E-state index < -0.39 is 0 Å². The molecule has 2 fully saturated rings. The molecule has 124 valence electrons. The minimum atomic E-state index is -0.345. The van der Waals surface area contributed by atoms with Gasteiger partial charge < -0.3 is 9.80 Å². The van der Waals surface area contributed by atoms with Crippen molar-refractivity contribution in [2.24, 2.45) is 0 Å². The van der Waals surface area contributed by atoms with Crippen LogP contribution in [0.25, 0.3) is 0 Å². The molecule has 4 nitrogen and oxygen atoms in total. The fourth-order valence-electron chi connectivity index (χ4n) is 3.63. The predicted molar refractivity (Wildman–Crippen MR) is 85.2 cm³/mol. The molecule has 1 aromatic rings. The fourth-order valence-corrected chi connectivity index (χ4v) is 3.63. The van der Waals surface area contributed by atoms with Gasteiger partial charge in [0.2, 0.25) is 11.8 Å². The Bertz CT molecular complexity index is 587. The van der Waals surface area contributed by atoms with Gasteiger partial charge in [0, 0.05) is 25.6 Å². The van der Waals surface area contributed by atoms with Gasteiger partial charge in [0.05, 0.1) is 0 Å². The maximum atomic E-state index is 12.9. The average Bonchev–Trinajstić information content (AvgIpc) is 3.01. The zero-order chi connectivity index (χ0) is 16.4. The Morgan fingerprint density at radius 2 is 2.04 bits per heavy atom. The minimum absolute atomic E-state index is 0.0551. The van der Waals surface area contributed by atoms with Gasteiger partial charge in [-0.3, -0.25) is 9.59 Å². The zero-order valence-corrected chi connectivity index (χ0v) is 13.5. The lowest BCUT2D eigenvalue weighted by Crippen LogP contribution is -2.60. The van der Waals surface area contributed by atoms with Crippen LogP contribution in [0.5, 0.6) is 0 Å². The van der Waals surface area contributed by atoms with Crippen LogP contribution in [0.3, 0.4) is 0 Å². The highest BCUT2D eigenvalue weighted by Crippen LogP contribution is 2.26. The summed E-state index contributed by atoms with van der Waals surface area (Å²) >= 11 is 0. The van der Waals surface area contributed by atoms with Crippen LogP contribution in [-0.4, -0.2) is 46.8 Å². The van der Waals surface area contributed by atoms with Gasteiger partial charge in [0.15, 0.2) is 0 Å². The normalized spacial score (nSPS) is 24.0. The summed E-state index contributed by atoms with van der Waals surface area (Å²) < 4.78 is 12.9. The number of fused-ring (bicyclic) bond motifs is 1. The molecule has 0 aliphatic carbocycles. The Labute approximate surface area is 136 Å². The van der Waals surface area contributed by atoms with E-state index in [-0.39, 0.29) is 29.7 Å². The van der Waals surface area contributed by atoms with Crippen LogP contribution in [0, 0.1) is 5.82 Å². The molecule has 0 bridgehead atoms. The van der Waals surface area contributed by atoms with Gasteiger partial charge in [-0.25, -0.2) is 4.39 Å². The van der Waals surface area contributed by atoms with Gasteiger partial charge >= 0.3 is 0 Å². The molecule has 0 radical (unpaired) electrons. The Kier molecular flexibility index (Phi) is 4.64. The second kappa shape index (κ2) is 6.69. The first kappa shape index (κ1) is 16.0. The largest absolute Gasteiger partial charge is 0.336 e. The number of nitrogens with zero attached hydrogens (tertiary/aromatic N) is 2. The third kappa shape index (κ3) is 3.38. The molecule has 0 unspecified atom stereocenters. The molecule has 3 rings (SSSR count). The minimum Gasteiger partial charge on any atom is -0.336 e. The van der Waals surface area contributed by atoms with Gasteiger partial charge in [-0.05, 0) is 50.3 Å². The maximum Gasteiger partial charge on any atom is 0.245 e. The van der Waals surface area contributed by atoms with Crippen LogP contribution in [0.1, 0.15) is 38.2 Å². The third-order valence-corrected chi connectivity index (χ3v) is 4.98. The third-order valence-electron chi connectivity index (χ3n) is 4.98. The second-order valence-corrected chi connectivity index (χ2v) is 6.53. The fraction of sp³-hybridized carbons (Fsp3) is 0.556. The van der Waals surface area contributed by atoms with Gasteiger partial charge in [0.1, 0.15) is 11.9 Å². The molecule has 2 aliphatic rings. The van der Waals surface area contributed by atoms with Crippen molar-refractivity contribution in [1.29, 1.82) is 0 Å². The molecular weight excluding hydrogens is 295 g/mol. The van der Waals surface area contributed by atoms with E-state index >= 15 is 0 Å². The quantitative estimate of drug-likeness (QED) is 0.855. The Hall–Kier alpha value is -1.91. The van der Waals surface area contributed by atoms with Crippen LogP contribution in [0.15, 0.2) is 24.3 Å².